The van der Waals surface area contributed by atoms with Crippen molar-refractivity contribution in [3.8, 4) is 0 Å². The largest absolute Gasteiger partial charge is 0.416 e. The van der Waals surface area contributed by atoms with Gasteiger partial charge in [-0.2, -0.15) is 0 Å². The Morgan fingerprint density at radius 1 is 1.11 bits per heavy atom. The third-order valence-electron chi connectivity index (χ3n) is 9.95. The SMILES string of the molecule is CC(C)(C)[Si](C)(C)OC[C@]12CCCCC1=CC[C@@H]1[C@@H]2CC[C@]2(C)C(=O)CC[C@@H]12. The molecule has 2 nitrogen and oxygen atoms in total. The predicted molar refractivity (Wildman–Crippen MR) is 119 cm³/mol. The zero-order valence-electron chi connectivity index (χ0n) is 19.2. The van der Waals surface area contributed by atoms with Crippen LogP contribution in [0.5, 0.6) is 0 Å². The Bertz CT molecular complexity index is 673. The normalized spacial score (nSPS) is 41.1. The van der Waals surface area contributed by atoms with Gasteiger partial charge in [-0.3, -0.25) is 4.79 Å². The molecular weight excluding hydrogens is 360 g/mol. The van der Waals surface area contributed by atoms with Crippen LogP contribution in [0.4, 0.5) is 0 Å². The van der Waals surface area contributed by atoms with Crippen LogP contribution in [0.25, 0.3) is 0 Å². The van der Waals surface area contributed by atoms with Crippen LogP contribution >= 0.6 is 0 Å². The Kier molecular flexibility index (Phi) is 5.06. The zero-order valence-corrected chi connectivity index (χ0v) is 20.2. The minimum absolute atomic E-state index is 0.0251. The number of rotatable bonds is 3. The highest BCUT2D eigenvalue weighted by Crippen LogP contribution is 2.64. The van der Waals surface area contributed by atoms with Gasteiger partial charge in [0.15, 0.2) is 8.32 Å². The maximum Gasteiger partial charge on any atom is 0.192 e. The molecule has 0 aromatic carbocycles. The first-order valence-corrected chi connectivity index (χ1v) is 14.8. The molecule has 4 aliphatic carbocycles. The van der Waals surface area contributed by atoms with E-state index in [0.717, 1.165) is 31.8 Å². The van der Waals surface area contributed by atoms with E-state index in [4.69, 9.17) is 4.43 Å². The van der Waals surface area contributed by atoms with E-state index in [1.165, 1.54) is 38.5 Å². The van der Waals surface area contributed by atoms with Gasteiger partial charge >= 0.3 is 0 Å². The van der Waals surface area contributed by atoms with E-state index < -0.39 is 8.32 Å². The summed E-state index contributed by atoms with van der Waals surface area (Å²) in [6.07, 6.45) is 13.4. The quantitative estimate of drug-likeness (QED) is 0.378. The number of hydrogen-bond donors (Lipinski definition) is 0. The van der Waals surface area contributed by atoms with Gasteiger partial charge in [0, 0.05) is 23.9 Å². The smallest absolute Gasteiger partial charge is 0.192 e. The highest BCUT2D eigenvalue weighted by Gasteiger charge is 2.59. The standard InChI is InChI=1S/C25H42O2Si/c1-23(2,3)28(5,6)27-17-25-15-8-7-9-18(25)10-11-19-20-12-13-22(26)24(20,4)16-14-21(19)25/h10,19-21H,7-9,11-17H2,1-6H3/t19-,20-,21-,24-,25+/m0/s1. The van der Waals surface area contributed by atoms with E-state index in [1.807, 2.05) is 0 Å². The van der Waals surface area contributed by atoms with E-state index in [1.54, 1.807) is 5.57 Å². The lowest BCUT2D eigenvalue weighted by molar-refractivity contribution is -0.132. The molecule has 0 amide bonds. The molecule has 4 rings (SSSR count). The Morgan fingerprint density at radius 2 is 1.86 bits per heavy atom. The first-order chi connectivity index (χ1) is 13.0. The van der Waals surface area contributed by atoms with E-state index in [2.05, 4.69) is 46.9 Å². The minimum Gasteiger partial charge on any atom is -0.416 e. The number of carbonyl (C=O) groups excluding carboxylic acids is 1. The van der Waals surface area contributed by atoms with E-state index in [0.29, 0.717) is 17.6 Å². The van der Waals surface area contributed by atoms with Crippen molar-refractivity contribution < 1.29 is 9.22 Å². The summed E-state index contributed by atoms with van der Waals surface area (Å²) < 4.78 is 6.93. The van der Waals surface area contributed by atoms with Crippen LogP contribution in [-0.4, -0.2) is 20.7 Å². The van der Waals surface area contributed by atoms with Crippen molar-refractivity contribution in [2.75, 3.05) is 6.61 Å². The maximum atomic E-state index is 12.7. The lowest BCUT2D eigenvalue weighted by Crippen LogP contribution is -2.54. The van der Waals surface area contributed by atoms with Gasteiger partial charge in [-0.25, -0.2) is 0 Å². The van der Waals surface area contributed by atoms with Gasteiger partial charge in [-0.15, -0.1) is 0 Å². The Morgan fingerprint density at radius 3 is 2.57 bits per heavy atom. The summed E-state index contributed by atoms with van der Waals surface area (Å²) >= 11 is 0. The van der Waals surface area contributed by atoms with Gasteiger partial charge in [-0.05, 0) is 80.8 Å². The number of allylic oxidation sites excluding steroid dienone is 1. The molecule has 5 atom stereocenters. The van der Waals surface area contributed by atoms with Gasteiger partial charge in [0.05, 0.1) is 0 Å². The highest BCUT2D eigenvalue weighted by atomic mass is 28.4. The van der Waals surface area contributed by atoms with E-state index in [9.17, 15) is 4.79 Å². The first-order valence-electron chi connectivity index (χ1n) is 11.9. The van der Waals surface area contributed by atoms with Crippen LogP contribution in [0.3, 0.4) is 0 Å². The van der Waals surface area contributed by atoms with E-state index in [-0.39, 0.29) is 15.9 Å². The van der Waals surface area contributed by atoms with Crippen molar-refractivity contribution in [1.29, 1.82) is 0 Å². The van der Waals surface area contributed by atoms with Crippen LogP contribution in [0, 0.1) is 28.6 Å². The summed E-state index contributed by atoms with van der Waals surface area (Å²) in [5.74, 6) is 2.61. The van der Waals surface area contributed by atoms with Crippen LogP contribution in [0.2, 0.25) is 18.1 Å². The fourth-order valence-corrected chi connectivity index (χ4v) is 8.09. The van der Waals surface area contributed by atoms with Gasteiger partial charge in [-0.1, -0.05) is 45.8 Å². The fraction of sp³-hybridized carbons (Fsp3) is 0.880. The molecule has 3 heteroatoms. The Hall–Kier alpha value is -0.413. The molecule has 0 N–H and O–H groups in total. The summed E-state index contributed by atoms with van der Waals surface area (Å²) in [4.78, 5) is 12.7. The molecule has 0 bridgehead atoms. The number of Topliss-reactive ketones (excluding diaryl/α,β-unsaturated/α-hetero) is 1. The molecule has 0 aromatic rings. The molecule has 158 valence electrons. The van der Waals surface area contributed by atoms with Crippen LogP contribution in [0.1, 0.15) is 85.5 Å². The topological polar surface area (TPSA) is 26.3 Å². The molecule has 0 radical (unpaired) electrons. The lowest BCUT2D eigenvalue weighted by Gasteiger charge is -2.58. The average molecular weight is 403 g/mol. The number of ketones is 1. The minimum atomic E-state index is -1.76. The lowest BCUT2D eigenvalue weighted by atomic mass is 9.48. The van der Waals surface area contributed by atoms with Crippen molar-refractivity contribution in [2.45, 2.75) is 104 Å². The van der Waals surface area contributed by atoms with Crippen molar-refractivity contribution in [2.24, 2.45) is 28.6 Å². The molecule has 0 spiro atoms. The molecule has 4 aliphatic rings. The van der Waals surface area contributed by atoms with Gasteiger partial charge in [0.1, 0.15) is 5.78 Å². The number of fused-ring (bicyclic) bond motifs is 5. The highest BCUT2D eigenvalue weighted by molar-refractivity contribution is 6.74. The average Bonchev–Trinajstić information content (AvgIpc) is 2.94. The second-order valence-electron chi connectivity index (χ2n) is 12.2. The third kappa shape index (κ3) is 3.02. The van der Waals surface area contributed by atoms with Crippen molar-refractivity contribution in [3.05, 3.63) is 11.6 Å². The van der Waals surface area contributed by atoms with Crippen molar-refractivity contribution in [1.82, 2.24) is 0 Å². The molecule has 0 aromatic heterocycles. The second-order valence-corrected chi connectivity index (χ2v) is 17.0. The Balaban J connectivity index is 1.65. The molecule has 0 heterocycles. The maximum absolute atomic E-state index is 12.7. The molecule has 28 heavy (non-hydrogen) atoms. The summed E-state index contributed by atoms with van der Waals surface area (Å²) in [5, 5.41) is 0.263. The third-order valence-corrected chi connectivity index (χ3v) is 14.4. The monoisotopic (exact) mass is 402 g/mol. The van der Waals surface area contributed by atoms with E-state index >= 15 is 0 Å². The van der Waals surface area contributed by atoms with Crippen LogP contribution in [0.15, 0.2) is 11.6 Å². The van der Waals surface area contributed by atoms with Gasteiger partial charge in [0.2, 0.25) is 0 Å². The van der Waals surface area contributed by atoms with Gasteiger partial charge < -0.3 is 4.43 Å². The molecule has 3 fully saturated rings. The summed E-state index contributed by atoms with van der Waals surface area (Å²) in [5.41, 5.74) is 1.97. The summed E-state index contributed by atoms with van der Waals surface area (Å²) in [7, 11) is -1.76. The molecular formula is C25H42O2Si. The van der Waals surface area contributed by atoms with Crippen LogP contribution < -0.4 is 0 Å². The molecule has 3 saturated carbocycles. The number of hydrogen-bond acceptors (Lipinski definition) is 2. The second kappa shape index (κ2) is 6.80. The summed E-state index contributed by atoms with van der Waals surface area (Å²) in [6.45, 7) is 15.1. The summed E-state index contributed by atoms with van der Waals surface area (Å²) in [6, 6.07) is 0. The predicted octanol–water partition coefficient (Wildman–Crippen LogP) is 6.91. The van der Waals surface area contributed by atoms with Crippen molar-refractivity contribution >= 4 is 14.1 Å². The van der Waals surface area contributed by atoms with Gasteiger partial charge in [0.25, 0.3) is 0 Å². The van der Waals surface area contributed by atoms with Crippen molar-refractivity contribution in [3.63, 3.8) is 0 Å². The molecule has 0 unspecified atom stereocenters. The number of carbonyl (C=O) groups is 1. The molecule has 0 aliphatic heterocycles. The fourth-order valence-electron chi connectivity index (χ4n) is 7.04. The Labute approximate surface area is 174 Å². The molecule has 0 saturated heterocycles. The zero-order chi connectivity index (χ0) is 20.4. The van der Waals surface area contributed by atoms with Crippen LogP contribution in [-0.2, 0) is 9.22 Å². The first kappa shape index (κ1) is 20.8.